The van der Waals surface area contributed by atoms with E-state index in [1.165, 1.54) is 6.20 Å². The van der Waals surface area contributed by atoms with Gasteiger partial charge in [-0.05, 0) is 18.2 Å². The second-order valence-corrected chi connectivity index (χ2v) is 3.31. The number of rotatable bonds is 3. The average molecular weight is 223 g/mol. The van der Waals surface area contributed by atoms with Crippen molar-refractivity contribution in [3.63, 3.8) is 0 Å². The lowest BCUT2D eigenvalue weighted by Gasteiger charge is -2.03. The van der Waals surface area contributed by atoms with Gasteiger partial charge in [0.25, 0.3) is 0 Å². The Morgan fingerprint density at radius 3 is 2.87 bits per heavy atom. The Labute approximate surface area is 90.8 Å². The molecule has 4 nitrogen and oxygen atoms in total. The topological polar surface area (TPSA) is 55.0 Å². The first-order valence-electron chi connectivity index (χ1n) is 4.20. The van der Waals surface area contributed by atoms with Crippen LogP contribution in [0.3, 0.4) is 0 Å². The number of nitrogens with zero attached hydrogens (tertiary/aromatic N) is 1. The molecule has 15 heavy (non-hydrogen) atoms. The van der Waals surface area contributed by atoms with Gasteiger partial charge >= 0.3 is 0 Å². The number of hydrogen-bond acceptors (Lipinski definition) is 3. The number of aldehydes is 1. The van der Waals surface area contributed by atoms with Crippen molar-refractivity contribution in [2.45, 2.75) is 0 Å². The molecule has 1 heterocycles. The number of carbonyl (C=O) groups is 1. The molecule has 5 heteroatoms. The van der Waals surface area contributed by atoms with Crippen LogP contribution in [0.4, 0.5) is 0 Å². The second-order valence-electron chi connectivity index (χ2n) is 2.87. The van der Waals surface area contributed by atoms with Crippen LogP contribution in [0.2, 0.25) is 5.02 Å². The van der Waals surface area contributed by atoms with Crippen LogP contribution in [0, 0.1) is 0 Å². The van der Waals surface area contributed by atoms with E-state index in [-0.39, 0.29) is 0 Å². The van der Waals surface area contributed by atoms with Crippen LogP contribution >= 0.6 is 11.6 Å². The smallest absolute Gasteiger partial charge is 0.165 e. The van der Waals surface area contributed by atoms with E-state index in [0.717, 1.165) is 0 Å². The van der Waals surface area contributed by atoms with E-state index in [0.29, 0.717) is 28.4 Å². The lowest BCUT2D eigenvalue weighted by Crippen LogP contribution is -1.85. The Balaban J connectivity index is 2.28. The van der Waals surface area contributed by atoms with Crippen molar-refractivity contribution in [2.75, 3.05) is 0 Å². The Hall–Kier alpha value is -1.81. The Kier molecular flexibility index (Phi) is 2.69. The number of nitrogens with one attached hydrogen (secondary N) is 1. The summed E-state index contributed by atoms with van der Waals surface area (Å²) in [6.07, 6.45) is 3.84. The molecule has 1 aromatic heterocycles. The molecule has 0 saturated heterocycles. The summed E-state index contributed by atoms with van der Waals surface area (Å²) in [7, 11) is 0. The van der Waals surface area contributed by atoms with Crippen molar-refractivity contribution in [2.24, 2.45) is 0 Å². The molecular weight excluding hydrogens is 216 g/mol. The number of carbonyl (C=O) groups excluding carboxylic acids is 1. The number of ether oxygens (including phenoxy) is 1. The van der Waals surface area contributed by atoms with E-state index in [1.807, 2.05) is 0 Å². The van der Waals surface area contributed by atoms with Crippen molar-refractivity contribution < 1.29 is 9.53 Å². The maximum absolute atomic E-state index is 10.6. The fourth-order valence-electron chi connectivity index (χ4n) is 1.14. The molecule has 1 N–H and O–H groups in total. The SMILES string of the molecule is O=Cc1cc(Cl)cc(Oc2cn[nH]c2)c1. The number of hydrogen-bond donors (Lipinski definition) is 1. The average Bonchev–Trinajstić information content (AvgIpc) is 2.69. The lowest BCUT2D eigenvalue weighted by molar-refractivity contribution is 0.112. The van der Waals surface area contributed by atoms with Crippen molar-refractivity contribution in [1.82, 2.24) is 10.2 Å². The summed E-state index contributed by atoms with van der Waals surface area (Å²) in [6.45, 7) is 0. The molecule has 0 aliphatic rings. The molecule has 0 unspecified atom stereocenters. The van der Waals surface area contributed by atoms with E-state index in [4.69, 9.17) is 16.3 Å². The van der Waals surface area contributed by atoms with Crippen LogP contribution in [0.15, 0.2) is 30.6 Å². The minimum absolute atomic E-state index is 0.457. The van der Waals surface area contributed by atoms with Gasteiger partial charge in [0, 0.05) is 10.6 Å². The molecular formula is C10H7ClN2O2. The van der Waals surface area contributed by atoms with E-state index in [2.05, 4.69) is 10.2 Å². The number of aromatic amines is 1. The van der Waals surface area contributed by atoms with E-state index < -0.39 is 0 Å². The largest absolute Gasteiger partial charge is 0.454 e. The standard InChI is InChI=1S/C10H7ClN2O2/c11-8-1-7(6-14)2-9(3-8)15-10-4-12-13-5-10/h1-6H,(H,12,13). The quantitative estimate of drug-likeness (QED) is 0.813. The third-order valence-corrected chi connectivity index (χ3v) is 1.96. The molecule has 2 rings (SSSR count). The Morgan fingerprint density at radius 2 is 2.20 bits per heavy atom. The van der Waals surface area contributed by atoms with E-state index in [1.54, 1.807) is 24.4 Å². The van der Waals surface area contributed by atoms with Gasteiger partial charge < -0.3 is 4.74 Å². The highest BCUT2D eigenvalue weighted by Crippen LogP contribution is 2.24. The molecule has 0 aliphatic heterocycles. The Bertz CT molecular complexity index is 468. The van der Waals surface area contributed by atoms with Gasteiger partial charge in [0.1, 0.15) is 12.0 Å². The summed E-state index contributed by atoms with van der Waals surface area (Å²) < 4.78 is 5.40. The number of H-pyrrole nitrogens is 1. The fraction of sp³-hybridized carbons (Fsp3) is 0. The maximum Gasteiger partial charge on any atom is 0.165 e. The number of halogens is 1. The van der Waals surface area contributed by atoms with Crippen LogP contribution in [0.1, 0.15) is 10.4 Å². The van der Waals surface area contributed by atoms with Gasteiger partial charge in [-0.25, -0.2) is 0 Å². The van der Waals surface area contributed by atoms with Crippen molar-refractivity contribution in [3.8, 4) is 11.5 Å². The molecule has 0 atom stereocenters. The molecule has 0 aliphatic carbocycles. The Morgan fingerprint density at radius 1 is 1.33 bits per heavy atom. The van der Waals surface area contributed by atoms with Crippen LogP contribution in [0.25, 0.3) is 0 Å². The first-order valence-corrected chi connectivity index (χ1v) is 4.58. The maximum atomic E-state index is 10.6. The summed E-state index contributed by atoms with van der Waals surface area (Å²) in [4.78, 5) is 10.6. The van der Waals surface area contributed by atoms with Crippen LogP contribution in [-0.2, 0) is 0 Å². The molecule has 76 valence electrons. The normalized spacial score (nSPS) is 9.93. The zero-order chi connectivity index (χ0) is 10.7. The van der Waals surface area contributed by atoms with E-state index >= 15 is 0 Å². The van der Waals surface area contributed by atoms with Gasteiger partial charge in [0.15, 0.2) is 5.75 Å². The summed E-state index contributed by atoms with van der Waals surface area (Å²) in [5.74, 6) is 1.07. The van der Waals surface area contributed by atoms with Gasteiger partial charge in [-0.2, -0.15) is 5.10 Å². The molecule has 0 amide bonds. The predicted molar refractivity (Wildman–Crippen MR) is 55.5 cm³/mol. The van der Waals surface area contributed by atoms with E-state index in [9.17, 15) is 4.79 Å². The van der Waals surface area contributed by atoms with Gasteiger partial charge in [-0.15, -0.1) is 0 Å². The van der Waals surface area contributed by atoms with Gasteiger partial charge in [0.05, 0.1) is 12.4 Å². The van der Waals surface area contributed by atoms with Crippen LogP contribution in [0.5, 0.6) is 11.5 Å². The van der Waals surface area contributed by atoms with Crippen LogP contribution in [-0.4, -0.2) is 16.5 Å². The van der Waals surface area contributed by atoms with Gasteiger partial charge in [0.2, 0.25) is 0 Å². The first-order chi connectivity index (χ1) is 7.28. The number of benzene rings is 1. The molecule has 0 saturated carbocycles. The van der Waals surface area contributed by atoms with Crippen molar-refractivity contribution >= 4 is 17.9 Å². The number of aromatic nitrogens is 2. The third kappa shape index (κ3) is 2.35. The highest BCUT2D eigenvalue weighted by molar-refractivity contribution is 6.31. The molecule has 2 aromatic rings. The summed E-state index contributed by atoms with van der Waals surface area (Å²) >= 11 is 5.81. The van der Waals surface area contributed by atoms with Gasteiger partial charge in [-0.1, -0.05) is 11.6 Å². The zero-order valence-corrected chi connectivity index (χ0v) is 8.36. The molecule has 0 fully saturated rings. The fourth-order valence-corrected chi connectivity index (χ4v) is 1.38. The summed E-state index contributed by atoms with van der Waals surface area (Å²) in [6, 6.07) is 4.80. The second kappa shape index (κ2) is 4.14. The monoisotopic (exact) mass is 222 g/mol. The minimum atomic E-state index is 0.457. The van der Waals surface area contributed by atoms with Crippen molar-refractivity contribution in [3.05, 3.63) is 41.2 Å². The zero-order valence-electron chi connectivity index (χ0n) is 7.61. The summed E-state index contributed by atoms with van der Waals surface area (Å²) in [5.41, 5.74) is 0.473. The van der Waals surface area contributed by atoms with Crippen LogP contribution < -0.4 is 4.74 Å². The molecule has 1 aromatic carbocycles. The lowest BCUT2D eigenvalue weighted by atomic mass is 10.2. The van der Waals surface area contributed by atoms with Crippen molar-refractivity contribution in [1.29, 1.82) is 0 Å². The highest BCUT2D eigenvalue weighted by Gasteiger charge is 2.02. The highest BCUT2D eigenvalue weighted by atomic mass is 35.5. The third-order valence-electron chi connectivity index (χ3n) is 1.74. The molecule has 0 radical (unpaired) electrons. The summed E-state index contributed by atoms with van der Waals surface area (Å²) in [5, 5.41) is 6.80. The first kappa shape index (κ1) is 9.73. The minimum Gasteiger partial charge on any atom is -0.454 e. The van der Waals surface area contributed by atoms with Gasteiger partial charge in [-0.3, -0.25) is 9.89 Å². The molecule has 0 bridgehead atoms. The molecule has 0 spiro atoms. The predicted octanol–water partition coefficient (Wildman–Crippen LogP) is 2.67.